The molecule has 0 bridgehead atoms. The van der Waals surface area contributed by atoms with Gasteiger partial charge >= 0.3 is 0 Å². The van der Waals surface area contributed by atoms with Crippen LogP contribution in [0, 0.1) is 0 Å². The van der Waals surface area contributed by atoms with E-state index in [1.165, 1.54) is 0 Å². The molecule has 0 aliphatic carbocycles. The first-order valence-corrected chi connectivity index (χ1v) is 7.52. The SMILES string of the molecule is CC(C)(C)c1ccc(N2CCN(CCO)CCC2=O)cn1. The number of aliphatic hydroxyl groups is 1. The van der Waals surface area contributed by atoms with Gasteiger partial charge in [-0.3, -0.25) is 14.7 Å². The number of hydrogen-bond acceptors (Lipinski definition) is 4. The molecule has 1 amide bonds. The number of rotatable bonds is 3. The van der Waals surface area contributed by atoms with E-state index in [0.717, 1.165) is 17.9 Å². The van der Waals surface area contributed by atoms with Crippen molar-refractivity contribution in [2.45, 2.75) is 32.6 Å². The van der Waals surface area contributed by atoms with Crippen molar-refractivity contribution in [1.82, 2.24) is 9.88 Å². The maximum absolute atomic E-state index is 12.3. The van der Waals surface area contributed by atoms with Gasteiger partial charge in [0.2, 0.25) is 5.91 Å². The summed E-state index contributed by atoms with van der Waals surface area (Å²) >= 11 is 0. The molecule has 21 heavy (non-hydrogen) atoms. The monoisotopic (exact) mass is 291 g/mol. The summed E-state index contributed by atoms with van der Waals surface area (Å²) in [5.41, 5.74) is 1.90. The van der Waals surface area contributed by atoms with Crippen LogP contribution in [0.2, 0.25) is 0 Å². The molecule has 0 atom stereocenters. The molecule has 1 fully saturated rings. The van der Waals surface area contributed by atoms with Crippen molar-refractivity contribution in [3.05, 3.63) is 24.0 Å². The minimum atomic E-state index is 0.0131. The molecule has 1 aromatic heterocycles. The zero-order chi connectivity index (χ0) is 15.5. The maximum atomic E-state index is 12.3. The Labute approximate surface area is 126 Å². The van der Waals surface area contributed by atoms with Crippen molar-refractivity contribution >= 4 is 11.6 Å². The molecular formula is C16H25N3O2. The van der Waals surface area contributed by atoms with Crippen LogP contribution in [0.5, 0.6) is 0 Å². The number of anilines is 1. The standard InChI is InChI=1S/C16H25N3O2/c1-16(2,3)14-5-4-13(12-17-14)19-9-8-18(10-11-20)7-6-15(19)21/h4-5,12,20H,6-11H2,1-3H3. The Morgan fingerprint density at radius 1 is 1.24 bits per heavy atom. The number of aliphatic hydroxyl groups excluding tert-OH is 1. The van der Waals surface area contributed by atoms with E-state index in [-0.39, 0.29) is 17.9 Å². The van der Waals surface area contributed by atoms with E-state index in [0.29, 0.717) is 26.1 Å². The second-order valence-electron chi connectivity index (χ2n) is 6.51. The van der Waals surface area contributed by atoms with E-state index in [1.54, 1.807) is 11.1 Å². The van der Waals surface area contributed by atoms with Gasteiger partial charge in [0.25, 0.3) is 0 Å². The number of amides is 1. The van der Waals surface area contributed by atoms with Gasteiger partial charge in [0.1, 0.15) is 0 Å². The lowest BCUT2D eigenvalue weighted by Crippen LogP contribution is -2.34. The van der Waals surface area contributed by atoms with Crippen LogP contribution in [0.15, 0.2) is 18.3 Å². The third-order valence-corrected chi connectivity index (χ3v) is 3.83. The van der Waals surface area contributed by atoms with Crippen molar-refractivity contribution in [1.29, 1.82) is 0 Å². The number of carbonyl (C=O) groups is 1. The van der Waals surface area contributed by atoms with Crippen LogP contribution in [0.3, 0.4) is 0 Å². The Morgan fingerprint density at radius 3 is 2.57 bits per heavy atom. The highest BCUT2D eigenvalue weighted by atomic mass is 16.3. The van der Waals surface area contributed by atoms with E-state index >= 15 is 0 Å². The van der Waals surface area contributed by atoms with Crippen LogP contribution in [-0.4, -0.2) is 53.7 Å². The molecular weight excluding hydrogens is 266 g/mol. The molecule has 2 rings (SSSR count). The second-order valence-corrected chi connectivity index (χ2v) is 6.51. The Kier molecular flexibility index (Phi) is 4.96. The molecule has 1 aliphatic rings. The Morgan fingerprint density at radius 2 is 2.00 bits per heavy atom. The molecule has 0 aromatic carbocycles. The van der Waals surface area contributed by atoms with Crippen molar-refractivity contribution in [2.24, 2.45) is 0 Å². The molecule has 2 heterocycles. The van der Waals surface area contributed by atoms with Crippen molar-refractivity contribution in [3.63, 3.8) is 0 Å². The fraction of sp³-hybridized carbons (Fsp3) is 0.625. The smallest absolute Gasteiger partial charge is 0.228 e. The summed E-state index contributed by atoms with van der Waals surface area (Å²) in [4.78, 5) is 20.7. The number of pyridine rings is 1. The van der Waals surface area contributed by atoms with Gasteiger partial charge in [-0.15, -0.1) is 0 Å². The summed E-state index contributed by atoms with van der Waals surface area (Å²) in [6, 6.07) is 3.98. The topological polar surface area (TPSA) is 56.7 Å². The second kappa shape index (κ2) is 6.54. The molecule has 116 valence electrons. The normalized spacial score (nSPS) is 17.9. The van der Waals surface area contributed by atoms with Crippen LogP contribution in [-0.2, 0) is 10.2 Å². The molecule has 0 unspecified atom stereocenters. The molecule has 1 N–H and O–H groups in total. The zero-order valence-corrected chi connectivity index (χ0v) is 13.2. The fourth-order valence-electron chi connectivity index (χ4n) is 2.49. The van der Waals surface area contributed by atoms with Gasteiger partial charge in [0.15, 0.2) is 0 Å². The van der Waals surface area contributed by atoms with Gasteiger partial charge in [-0.1, -0.05) is 20.8 Å². The highest BCUT2D eigenvalue weighted by Gasteiger charge is 2.23. The third kappa shape index (κ3) is 4.02. The predicted octanol–water partition coefficient (Wildman–Crippen LogP) is 1.41. The summed E-state index contributed by atoms with van der Waals surface area (Å²) < 4.78 is 0. The van der Waals surface area contributed by atoms with Crippen molar-refractivity contribution in [3.8, 4) is 0 Å². The molecule has 1 aliphatic heterocycles. The minimum absolute atomic E-state index is 0.0131. The summed E-state index contributed by atoms with van der Waals surface area (Å²) in [5, 5.41) is 9.02. The lowest BCUT2D eigenvalue weighted by Gasteiger charge is -2.23. The number of hydrogen-bond donors (Lipinski definition) is 1. The lowest BCUT2D eigenvalue weighted by molar-refractivity contribution is -0.118. The first-order chi connectivity index (χ1) is 9.91. The summed E-state index contributed by atoms with van der Waals surface area (Å²) in [6.45, 7) is 9.28. The molecule has 5 nitrogen and oxygen atoms in total. The molecule has 0 spiro atoms. The minimum Gasteiger partial charge on any atom is -0.395 e. The van der Waals surface area contributed by atoms with Crippen LogP contribution < -0.4 is 4.90 Å². The van der Waals surface area contributed by atoms with Crippen LogP contribution in [0.25, 0.3) is 0 Å². The third-order valence-electron chi connectivity index (χ3n) is 3.83. The number of aromatic nitrogens is 1. The largest absolute Gasteiger partial charge is 0.395 e. The predicted molar refractivity (Wildman–Crippen MR) is 83.4 cm³/mol. The van der Waals surface area contributed by atoms with Gasteiger partial charge in [0, 0.05) is 43.7 Å². The summed E-state index contributed by atoms with van der Waals surface area (Å²) in [5.74, 6) is 0.126. The highest BCUT2D eigenvalue weighted by Crippen LogP contribution is 2.23. The average Bonchev–Trinajstić information content (AvgIpc) is 2.61. The van der Waals surface area contributed by atoms with Crippen LogP contribution in [0.4, 0.5) is 5.69 Å². The summed E-state index contributed by atoms with van der Waals surface area (Å²) in [7, 11) is 0. The van der Waals surface area contributed by atoms with Crippen molar-refractivity contribution in [2.75, 3.05) is 37.7 Å². The molecule has 1 saturated heterocycles. The van der Waals surface area contributed by atoms with E-state index in [4.69, 9.17) is 5.11 Å². The number of β-amino-alcohol motifs (C(OH)–C–C–N with tert-alkyl or cyclic N) is 1. The Bertz CT molecular complexity index is 479. The molecule has 5 heteroatoms. The van der Waals surface area contributed by atoms with E-state index < -0.39 is 0 Å². The zero-order valence-electron chi connectivity index (χ0n) is 13.2. The first kappa shape index (κ1) is 15.9. The van der Waals surface area contributed by atoms with Crippen LogP contribution in [0.1, 0.15) is 32.9 Å². The van der Waals surface area contributed by atoms with Gasteiger partial charge in [0.05, 0.1) is 18.5 Å². The fourth-order valence-corrected chi connectivity index (χ4v) is 2.49. The molecule has 0 radical (unpaired) electrons. The Hall–Kier alpha value is -1.46. The average molecular weight is 291 g/mol. The Balaban J connectivity index is 2.11. The van der Waals surface area contributed by atoms with Gasteiger partial charge in [-0.2, -0.15) is 0 Å². The van der Waals surface area contributed by atoms with Gasteiger partial charge in [-0.05, 0) is 12.1 Å². The van der Waals surface area contributed by atoms with E-state index in [1.807, 2.05) is 12.1 Å². The lowest BCUT2D eigenvalue weighted by atomic mass is 9.92. The van der Waals surface area contributed by atoms with Gasteiger partial charge in [-0.25, -0.2) is 0 Å². The van der Waals surface area contributed by atoms with Gasteiger partial charge < -0.3 is 10.0 Å². The first-order valence-electron chi connectivity index (χ1n) is 7.52. The van der Waals surface area contributed by atoms with Crippen LogP contribution >= 0.6 is 0 Å². The number of nitrogens with zero attached hydrogens (tertiary/aromatic N) is 3. The number of carbonyl (C=O) groups excluding carboxylic acids is 1. The van der Waals surface area contributed by atoms with E-state index in [9.17, 15) is 4.79 Å². The maximum Gasteiger partial charge on any atom is 0.228 e. The molecule has 0 saturated carbocycles. The summed E-state index contributed by atoms with van der Waals surface area (Å²) in [6.07, 6.45) is 2.28. The molecule has 1 aromatic rings. The quantitative estimate of drug-likeness (QED) is 0.915. The van der Waals surface area contributed by atoms with E-state index in [2.05, 4.69) is 30.7 Å². The van der Waals surface area contributed by atoms with Crippen molar-refractivity contribution < 1.29 is 9.90 Å². The highest BCUT2D eigenvalue weighted by molar-refractivity contribution is 5.93.